The van der Waals surface area contributed by atoms with E-state index in [4.69, 9.17) is 9.47 Å². The van der Waals surface area contributed by atoms with Crippen molar-refractivity contribution in [2.45, 2.75) is 13.0 Å². The van der Waals surface area contributed by atoms with Gasteiger partial charge >= 0.3 is 0 Å². The minimum Gasteiger partial charge on any atom is -0.454 e. The van der Waals surface area contributed by atoms with Gasteiger partial charge in [0.05, 0.1) is 10.9 Å². The molecule has 22 heavy (non-hydrogen) atoms. The number of carbonyl (C=O) groups excluding carboxylic acids is 1. The molecule has 0 spiro atoms. The van der Waals surface area contributed by atoms with E-state index < -0.39 is 0 Å². The van der Waals surface area contributed by atoms with Crippen molar-refractivity contribution in [2.24, 2.45) is 0 Å². The summed E-state index contributed by atoms with van der Waals surface area (Å²) in [5, 5.41) is 2.83. The Morgan fingerprint density at radius 1 is 1.14 bits per heavy atom. The number of amides is 1. The van der Waals surface area contributed by atoms with E-state index >= 15 is 0 Å². The Balaban J connectivity index is 1.57. The molecule has 3 rings (SSSR count). The van der Waals surface area contributed by atoms with Crippen LogP contribution in [0.25, 0.3) is 0 Å². The molecule has 0 fully saturated rings. The van der Waals surface area contributed by atoms with Gasteiger partial charge in [0.2, 0.25) is 12.7 Å². The first-order chi connectivity index (χ1) is 10.6. The van der Waals surface area contributed by atoms with Crippen LogP contribution in [0.4, 0.5) is 4.39 Å². The maximum atomic E-state index is 13.1. The highest BCUT2D eigenvalue weighted by molar-refractivity contribution is 9.10. The lowest BCUT2D eigenvalue weighted by molar-refractivity contribution is -0.120. The SMILES string of the molecule is O=C(Cc1ccc(F)c(Br)c1)NCc1ccc2c(c1)OCO2. The van der Waals surface area contributed by atoms with Crippen LogP contribution in [0.1, 0.15) is 11.1 Å². The molecule has 1 heterocycles. The van der Waals surface area contributed by atoms with Gasteiger partial charge in [0.25, 0.3) is 0 Å². The third-order valence-electron chi connectivity index (χ3n) is 3.28. The van der Waals surface area contributed by atoms with Gasteiger partial charge in [0.1, 0.15) is 5.82 Å². The number of ether oxygens (including phenoxy) is 2. The van der Waals surface area contributed by atoms with Crippen LogP contribution < -0.4 is 14.8 Å². The average molecular weight is 366 g/mol. The van der Waals surface area contributed by atoms with Crippen LogP contribution >= 0.6 is 15.9 Å². The van der Waals surface area contributed by atoms with E-state index in [1.54, 1.807) is 12.1 Å². The normalized spacial score (nSPS) is 12.3. The zero-order chi connectivity index (χ0) is 15.5. The Morgan fingerprint density at radius 2 is 1.91 bits per heavy atom. The fourth-order valence-electron chi connectivity index (χ4n) is 2.15. The average Bonchev–Trinajstić information content (AvgIpc) is 2.96. The molecule has 0 atom stereocenters. The number of rotatable bonds is 4. The zero-order valence-corrected chi connectivity index (χ0v) is 13.2. The molecule has 1 N–H and O–H groups in total. The Kier molecular flexibility index (Phi) is 4.29. The topological polar surface area (TPSA) is 47.6 Å². The van der Waals surface area contributed by atoms with Crippen molar-refractivity contribution in [1.82, 2.24) is 5.32 Å². The summed E-state index contributed by atoms with van der Waals surface area (Å²) < 4.78 is 24.0. The summed E-state index contributed by atoms with van der Waals surface area (Å²) in [7, 11) is 0. The van der Waals surface area contributed by atoms with E-state index in [1.165, 1.54) is 6.07 Å². The molecule has 0 bridgehead atoms. The third kappa shape index (κ3) is 3.39. The van der Waals surface area contributed by atoms with Crippen LogP contribution in [0, 0.1) is 5.82 Å². The first-order valence-electron chi connectivity index (χ1n) is 6.71. The van der Waals surface area contributed by atoms with E-state index in [0.29, 0.717) is 22.5 Å². The van der Waals surface area contributed by atoms with Crippen LogP contribution in [0.5, 0.6) is 11.5 Å². The van der Waals surface area contributed by atoms with Crippen molar-refractivity contribution in [3.63, 3.8) is 0 Å². The van der Waals surface area contributed by atoms with Crippen molar-refractivity contribution in [3.05, 3.63) is 57.8 Å². The molecule has 0 unspecified atom stereocenters. The Morgan fingerprint density at radius 3 is 2.73 bits per heavy atom. The van der Waals surface area contributed by atoms with Gasteiger partial charge < -0.3 is 14.8 Å². The Labute approximate surface area is 135 Å². The highest BCUT2D eigenvalue weighted by Gasteiger charge is 2.13. The summed E-state index contributed by atoms with van der Waals surface area (Å²) in [6, 6.07) is 10.1. The summed E-state index contributed by atoms with van der Waals surface area (Å²) in [5.41, 5.74) is 1.68. The molecule has 6 heteroatoms. The van der Waals surface area contributed by atoms with E-state index in [-0.39, 0.29) is 24.9 Å². The minimum absolute atomic E-state index is 0.129. The van der Waals surface area contributed by atoms with Crippen LogP contribution in [0.15, 0.2) is 40.9 Å². The molecule has 0 saturated carbocycles. The first-order valence-corrected chi connectivity index (χ1v) is 7.50. The molecule has 0 aromatic heterocycles. The number of nitrogens with one attached hydrogen (secondary N) is 1. The first kappa shape index (κ1) is 14.8. The van der Waals surface area contributed by atoms with Gasteiger partial charge in [-0.15, -0.1) is 0 Å². The summed E-state index contributed by atoms with van der Waals surface area (Å²) >= 11 is 3.11. The fraction of sp³-hybridized carbons (Fsp3) is 0.188. The second-order valence-corrected chi connectivity index (χ2v) is 5.74. The minimum atomic E-state index is -0.343. The summed E-state index contributed by atoms with van der Waals surface area (Å²) in [6.45, 7) is 0.627. The van der Waals surface area contributed by atoms with Gasteiger partial charge in [-0.05, 0) is 51.3 Å². The molecule has 0 radical (unpaired) electrons. The number of hydrogen-bond acceptors (Lipinski definition) is 3. The molecule has 0 saturated heterocycles. The molecule has 1 amide bonds. The molecule has 2 aromatic rings. The van der Waals surface area contributed by atoms with Crippen molar-refractivity contribution >= 4 is 21.8 Å². The second kappa shape index (κ2) is 6.36. The lowest BCUT2D eigenvalue weighted by Gasteiger charge is -2.07. The third-order valence-corrected chi connectivity index (χ3v) is 3.88. The van der Waals surface area contributed by atoms with Crippen molar-refractivity contribution in [2.75, 3.05) is 6.79 Å². The number of benzene rings is 2. The summed E-state index contributed by atoms with van der Waals surface area (Å²) in [5.74, 6) is 0.932. The highest BCUT2D eigenvalue weighted by atomic mass is 79.9. The van der Waals surface area contributed by atoms with Crippen molar-refractivity contribution in [3.8, 4) is 11.5 Å². The van der Waals surface area contributed by atoms with E-state index in [0.717, 1.165) is 11.1 Å². The Hall–Kier alpha value is -2.08. The molecule has 1 aliphatic heterocycles. The molecule has 0 aliphatic carbocycles. The van der Waals surface area contributed by atoms with Crippen LogP contribution in [0.2, 0.25) is 0 Å². The lowest BCUT2D eigenvalue weighted by atomic mass is 10.1. The lowest BCUT2D eigenvalue weighted by Crippen LogP contribution is -2.24. The highest BCUT2D eigenvalue weighted by Crippen LogP contribution is 2.32. The van der Waals surface area contributed by atoms with Gasteiger partial charge in [-0.25, -0.2) is 4.39 Å². The van der Waals surface area contributed by atoms with Crippen LogP contribution in [-0.4, -0.2) is 12.7 Å². The van der Waals surface area contributed by atoms with Gasteiger partial charge in [-0.1, -0.05) is 12.1 Å². The predicted molar refractivity (Wildman–Crippen MR) is 82.2 cm³/mol. The van der Waals surface area contributed by atoms with Gasteiger partial charge in [0, 0.05) is 6.54 Å². The molecule has 114 valence electrons. The quantitative estimate of drug-likeness (QED) is 0.904. The van der Waals surface area contributed by atoms with Crippen molar-refractivity contribution < 1.29 is 18.7 Å². The summed E-state index contributed by atoms with van der Waals surface area (Å²) in [6.07, 6.45) is 0.198. The number of fused-ring (bicyclic) bond motifs is 1. The summed E-state index contributed by atoms with van der Waals surface area (Å²) in [4.78, 5) is 11.9. The molecular weight excluding hydrogens is 353 g/mol. The molecular formula is C16H13BrFNO3. The predicted octanol–water partition coefficient (Wildman–Crippen LogP) is 3.18. The zero-order valence-electron chi connectivity index (χ0n) is 11.6. The molecule has 4 nitrogen and oxygen atoms in total. The number of halogens is 2. The van der Waals surface area contributed by atoms with E-state index in [2.05, 4.69) is 21.2 Å². The maximum Gasteiger partial charge on any atom is 0.231 e. The van der Waals surface area contributed by atoms with Crippen molar-refractivity contribution in [1.29, 1.82) is 0 Å². The van der Waals surface area contributed by atoms with E-state index in [9.17, 15) is 9.18 Å². The van der Waals surface area contributed by atoms with Gasteiger partial charge in [0.15, 0.2) is 11.5 Å². The maximum absolute atomic E-state index is 13.1. The fourth-order valence-corrected chi connectivity index (χ4v) is 2.58. The smallest absolute Gasteiger partial charge is 0.231 e. The number of carbonyl (C=O) groups is 1. The number of hydrogen-bond donors (Lipinski definition) is 1. The molecule has 2 aromatic carbocycles. The standard InChI is InChI=1S/C16H13BrFNO3/c17-12-5-10(1-3-13(12)18)7-16(20)19-8-11-2-4-14-15(6-11)22-9-21-14/h1-6H,7-9H2,(H,19,20). The van der Waals surface area contributed by atoms with Crippen LogP contribution in [0.3, 0.4) is 0 Å². The largest absolute Gasteiger partial charge is 0.454 e. The van der Waals surface area contributed by atoms with Gasteiger partial charge in [-0.2, -0.15) is 0 Å². The molecule has 1 aliphatic rings. The van der Waals surface area contributed by atoms with Gasteiger partial charge in [-0.3, -0.25) is 4.79 Å². The second-order valence-electron chi connectivity index (χ2n) is 4.89. The van der Waals surface area contributed by atoms with Crippen LogP contribution in [-0.2, 0) is 17.8 Å². The van der Waals surface area contributed by atoms with E-state index in [1.807, 2.05) is 18.2 Å². The monoisotopic (exact) mass is 365 g/mol. The Bertz CT molecular complexity index is 721.